The first-order valence-electron chi connectivity index (χ1n) is 8.54. The van der Waals surface area contributed by atoms with Crippen molar-refractivity contribution in [2.75, 3.05) is 13.1 Å². The van der Waals surface area contributed by atoms with Crippen molar-refractivity contribution >= 4 is 23.2 Å². The van der Waals surface area contributed by atoms with Crippen LogP contribution in [0.15, 0.2) is 48.5 Å². The second kappa shape index (κ2) is 8.29. The summed E-state index contributed by atoms with van der Waals surface area (Å²) in [5.74, 6) is -0.381. The highest BCUT2D eigenvalue weighted by atomic mass is 35.5. The molecule has 1 saturated heterocycles. The Bertz CT molecular complexity index is 787. The number of piperidine rings is 1. The molecule has 0 bridgehead atoms. The van der Waals surface area contributed by atoms with Crippen molar-refractivity contribution < 1.29 is 9.72 Å². The molecule has 26 heavy (non-hydrogen) atoms. The highest BCUT2D eigenvalue weighted by Gasteiger charge is 2.24. The van der Waals surface area contributed by atoms with E-state index in [1.165, 1.54) is 17.7 Å². The lowest BCUT2D eigenvalue weighted by atomic mass is 10.0. The molecule has 1 fully saturated rings. The fourth-order valence-corrected chi connectivity index (χ4v) is 3.30. The summed E-state index contributed by atoms with van der Waals surface area (Å²) in [5, 5.41) is 14.7. The van der Waals surface area contributed by atoms with E-state index in [-0.39, 0.29) is 23.2 Å². The van der Waals surface area contributed by atoms with E-state index in [4.69, 9.17) is 11.6 Å². The molecular weight excluding hydrogens is 354 g/mol. The second-order valence-electron chi connectivity index (χ2n) is 6.42. The molecule has 0 aliphatic carbocycles. The molecule has 6 nitrogen and oxygen atoms in total. The molecular formula is C19H20ClN3O3. The van der Waals surface area contributed by atoms with Gasteiger partial charge in [0.25, 0.3) is 11.6 Å². The summed E-state index contributed by atoms with van der Waals surface area (Å²) in [6, 6.07) is 13.9. The Morgan fingerprint density at radius 1 is 1.15 bits per heavy atom. The van der Waals surface area contributed by atoms with E-state index in [9.17, 15) is 14.9 Å². The van der Waals surface area contributed by atoms with Gasteiger partial charge in [0.15, 0.2) is 0 Å². The Morgan fingerprint density at radius 3 is 2.46 bits per heavy atom. The topological polar surface area (TPSA) is 75.5 Å². The lowest BCUT2D eigenvalue weighted by Gasteiger charge is -2.32. The lowest BCUT2D eigenvalue weighted by Crippen LogP contribution is -2.44. The van der Waals surface area contributed by atoms with Gasteiger partial charge in [-0.15, -0.1) is 0 Å². The van der Waals surface area contributed by atoms with Gasteiger partial charge < -0.3 is 5.32 Å². The molecule has 136 valence electrons. The predicted octanol–water partition coefficient (Wildman–Crippen LogP) is 3.64. The van der Waals surface area contributed by atoms with Crippen LogP contribution in [0.1, 0.15) is 28.8 Å². The fraction of sp³-hybridized carbons (Fsp3) is 0.316. The summed E-state index contributed by atoms with van der Waals surface area (Å²) in [5.41, 5.74) is 1.16. The van der Waals surface area contributed by atoms with Crippen LogP contribution in [-0.2, 0) is 6.54 Å². The molecule has 1 aliphatic rings. The van der Waals surface area contributed by atoms with Gasteiger partial charge >= 0.3 is 0 Å². The standard InChI is InChI=1S/C19H20ClN3O3/c20-15-7-5-14(6-8-15)13-22-11-9-16(10-12-22)21-19(24)17-3-1-2-4-18(17)23(25)26/h1-8,16H,9-13H2,(H,21,24). The molecule has 7 heteroatoms. The maximum atomic E-state index is 12.4. The van der Waals surface area contributed by atoms with Crippen molar-refractivity contribution in [3.63, 3.8) is 0 Å². The monoisotopic (exact) mass is 373 g/mol. The maximum absolute atomic E-state index is 12.4. The summed E-state index contributed by atoms with van der Waals surface area (Å²) < 4.78 is 0. The van der Waals surface area contributed by atoms with Crippen molar-refractivity contribution in [3.8, 4) is 0 Å². The van der Waals surface area contributed by atoms with Crippen LogP contribution in [0.5, 0.6) is 0 Å². The van der Waals surface area contributed by atoms with E-state index in [0.717, 1.165) is 37.5 Å². The van der Waals surface area contributed by atoms with E-state index >= 15 is 0 Å². The number of carbonyl (C=O) groups is 1. The number of hydrogen-bond acceptors (Lipinski definition) is 4. The van der Waals surface area contributed by atoms with E-state index in [2.05, 4.69) is 10.2 Å². The zero-order valence-corrected chi connectivity index (χ0v) is 15.0. The predicted molar refractivity (Wildman–Crippen MR) is 100 cm³/mol. The Kier molecular flexibility index (Phi) is 5.85. The number of halogens is 1. The molecule has 3 rings (SSSR count). The molecule has 1 heterocycles. The Labute approximate surface area is 156 Å². The van der Waals surface area contributed by atoms with E-state index in [1.54, 1.807) is 12.1 Å². The molecule has 0 spiro atoms. The molecule has 0 aromatic heterocycles. The Morgan fingerprint density at radius 2 is 1.81 bits per heavy atom. The van der Waals surface area contributed by atoms with Gasteiger partial charge in [-0.1, -0.05) is 35.9 Å². The third kappa shape index (κ3) is 4.59. The Balaban J connectivity index is 1.53. The smallest absolute Gasteiger partial charge is 0.282 e. The van der Waals surface area contributed by atoms with Gasteiger partial charge in [-0.25, -0.2) is 0 Å². The molecule has 0 saturated carbocycles. The highest BCUT2D eigenvalue weighted by molar-refractivity contribution is 6.30. The van der Waals surface area contributed by atoms with Gasteiger partial charge in [-0.05, 0) is 36.6 Å². The lowest BCUT2D eigenvalue weighted by molar-refractivity contribution is -0.385. The van der Waals surface area contributed by atoms with Gasteiger partial charge in [0.1, 0.15) is 5.56 Å². The minimum Gasteiger partial charge on any atom is -0.349 e. The van der Waals surface area contributed by atoms with Crippen molar-refractivity contribution in [2.45, 2.75) is 25.4 Å². The van der Waals surface area contributed by atoms with E-state index in [0.29, 0.717) is 0 Å². The molecule has 0 atom stereocenters. The quantitative estimate of drug-likeness (QED) is 0.641. The molecule has 2 aromatic rings. The van der Waals surface area contributed by atoms with Crippen molar-refractivity contribution in [3.05, 3.63) is 74.8 Å². The van der Waals surface area contributed by atoms with Crippen LogP contribution in [-0.4, -0.2) is 34.9 Å². The number of nitro groups is 1. The number of amides is 1. The van der Waals surface area contributed by atoms with Crippen LogP contribution in [0.4, 0.5) is 5.69 Å². The first kappa shape index (κ1) is 18.4. The third-order valence-electron chi connectivity index (χ3n) is 4.59. The number of hydrogen-bond donors (Lipinski definition) is 1. The zero-order chi connectivity index (χ0) is 18.5. The minimum atomic E-state index is -0.524. The molecule has 1 aliphatic heterocycles. The summed E-state index contributed by atoms with van der Waals surface area (Å²) in [6.45, 7) is 2.58. The number of nitrogens with one attached hydrogen (secondary N) is 1. The summed E-state index contributed by atoms with van der Waals surface area (Å²) in [4.78, 5) is 25.3. The van der Waals surface area contributed by atoms with Gasteiger partial charge in [0.05, 0.1) is 4.92 Å². The number of likely N-dealkylation sites (tertiary alicyclic amines) is 1. The van der Waals surface area contributed by atoms with Crippen LogP contribution in [0, 0.1) is 10.1 Å². The number of nitrogens with zero attached hydrogens (tertiary/aromatic N) is 2. The van der Waals surface area contributed by atoms with Crippen LogP contribution in [0.25, 0.3) is 0 Å². The highest BCUT2D eigenvalue weighted by Crippen LogP contribution is 2.19. The molecule has 2 aromatic carbocycles. The zero-order valence-electron chi connectivity index (χ0n) is 14.2. The number of nitro benzene ring substituents is 1. The van der Waals surface area contributed by atoms with Gasteiger partial charge in [0, 0.05) is 36.8 Å². The summed E-state index contributed by atoms with van der Waals surface area (Å²) >= 11 is 5.91. The number of para-hydroxylation sites is 1. The first-order chi connectivity index (χ1) is 12.5. The first-order valence-corrected chi connectivity index (χ1v) is 8.92. The average Bonchev–Trinajstić information content (AvgIpc) is 2.65. The SMILES string of the molecule is O=C(NC1CCN(Cc2ccc(Cl)cc2)CC1)c1ccccc1[N+](=O)[O-]. The number of benzene rings is 2. The minimum absolute atomic E-state index is 0.0313. The Hall–Kier alpha value is -2.44. The largest absolute Gasteiger partial charge is 0.349 e. The van der Waals surface area contributed by atoms with Crippen LogP contribution >= 0.6 is 11.6 Å². The fourth-order valence-electron chi connectivity index (χ4n) is 3.17. The average molecular weight is 374 g/mol. The van der Waals surface area contributed by atoms with Crippen LogP contribution in [0.3, 0.4) is 0 Å². The number of rotatable bonds is 5. The van der Waals surface area contributed by atoms with Crippen molar-refractivity contribution in [1.82, 2.24) is 10.2 Å². The molecule has 1 amide bonds. The second-order valence-corrected chi connectivity index (χ2v) is 6.86. The molecule has 0 radical (unpaired) electrons. The normalized spacial score (nSPS) is 15.6. The summed E-state index contributed by atoms with van der Waals surface area (Å²) in [7, 11) is 0. The maximum Gasteiger partial charge on any atom is 0.282 e. The van der Waals surface area contributed by atoms with E-state index < -0.39 is 4.92 Å². The van der Waals surface area contributed by atoms with Crippen LogP contribution < -0.4 is 5.32 Å². The number of carbonyl (C=O) groups excluding carboxylic acids is 1. The molecule has 1 N–H and O–H groups in total. The third-order valence-corrected chi connectivity index (χ3v) is 4.84. The van der Waals surface area contributed by atoms with Gasteiger partial charge in [0.2, 0.25) is 0 Å². The van der Waals surface area contributed by atoms with Crippen molar-refractivity contribution in [1.29, 1.82) is 0 Å². The van der Waals surface area contributed by atoms with Gasteiger partial charge in [-0.3, -0.25) is 19.8 Å². The molecule has 0 unspecified atom stereocenters. The van der Waals surface area contributed by atoms with Crippen molar-refractivity contribution in [2.24, 2.45) is 0 Å². The van der Waals surface area contributed by atoms with Crippen LogP contribution in [0.2, 0.25) is 5.02 Å². The summed E-state index contributed by atoms with van der Waals surface area (Å²) in [6.07, 6.45) is 1.64. The van der Waals surface area contributed by atoms with E-state index in [1.807, 2.05) is 24.3 Å². The van der Waals surface area contributed by atoms with Gasteiger partial charge in [-0.2, -0.15) is 0 Å².